The van der Waals surface area contributed by atoms with Crippen molar-refractivity contribution in [2.24, 2.45) is 5.73 Å². The van der Waals surface area contributed by atoms with Gasteiger partial charge in [0.15, 0.2) is 0 Å². The lowest BCUT2D eigenvalue weighted by Crippen LogP contribution is -2.44. The smallest absolute Gasteiger partial charge is 0.132 e. The van der Waals surface area contributed by atoms with Crippen molar-refractivity contribution in [2.45, 2.75) is 6.92 Å². The molecule has 0 heterocycles. The fourth-order valence-electron chi connectivity index (χ4n) is 1.40. The molecule has 0 atom stereocenters. The molecular weight excluding hydrogens is 160 g/mol. The molecule has 13 heavy (non-hydrogen) atoms. The zero-order valence-corrected chi connectivity index (χ0v) is 8.75. The van der Waals surface area contributed by atoms with E-state index in [1.54, 1.807) is 0 Å². The molecule has 1 aromatic carbocycles. The van der Waals surface area contributed by atoms with E-state index in [1.165, 1.54) is 11.3 Å². The molecule has 0 aliphatic carbocycles. The third-order valence-corrected chi connectivity index (χ3v) is 2.42. The lowest BCUT2D eigenvalue weighted by molar-refractivity contribution is 0.408. The maximum atomic E-state index is 5.57. The van der Waals surface area contributed by atoms with Crippen LogP contribution in [0.15, 0.2) is 24.3 Å². The van der Waals surface area contributed by atoms with E-state index in [0.29, 0.717) is 0 Å². The molecule has 0 saturated heterocycles. The van der Waals surface area contributed by atoms with Crippen LogP contribution in [0.4, 0.5) is 5.69 Å². The number of benzene rings is 1. The maximum Gasteiger partial charge on any atom is 0.132 e. The van der Waals surface area contributed by atoms with Gasteiger partial charge in [-0.05, 0) is 19.1 Å². The van der Waals surface area contributed by atoms with Gasteiger partial charge in [-0.2, -0.15) is 0 Å². The quantitative estimate of drug-likeness (QED) is 0.699. The maximum absolute atomic E-state index is 5.57. The molecule has 0 bridgehead atoms. The van der Waals surface area contributed by atoms with Crippen LogP contribution in [0.2, 0.25) is 0 Å². The number of hydrogen-bond donors (Lipinski definition) is 1. The molecule has 72 valence electrons. The minimum absolute atomic E-state index is 0.723. The van der Waals surface area contributed by atoms with Crippen LogP contribution in [-0.2, 0) is 0 Å². The normalized spacial score (nSPS) is 11.7. The van der Waals surface area contributed by atoms with Crippen LogP contribution in [0.5, 0.6) is 0 Å². The number of likely N-dealkylation sites (N-methyl/N-ethyl adjacent to an activating group) is 1. The Bertz CT molecular complexity index is 262. The summed E-state index contributed by atoms with van der Waals surface area (Å²) in [6.45, 7) is 3.80. The van der Waals surface area contributed by atoms with Crippen molar-refractivity contribution in [3.63, 3.8) is 0 Å². The van der Waals surface area contributed by atoms with Gasteiger partial charge in [0, 0.05) is 6.54 Å². The Morgan fingerprint density at radius 1 is 1.15 bits per heavy atom. The van der Waals surface area contributed by atoms with Gasteiger partial charge in [0.05, 0.1) is 20.6 Å². The second kappa shape index (κ2) is 3.90. The molecule has 2 nitrogen and oxygen atoms in total. The molecule has 0 aromatic heterocycles. The number of nitrogens with two attached hydrogens (primary N) is 1. The van der Waals surface area contributed by atoms with Gasteiger partial charge in [-0.25, -0.2) is 0 Å². The van der Waals surface area contributed by atoms with Crippen molar-refractivity contribution in [3.05, 3.63) is 29.8 Å². The predicted molar refractivity (Wildman–Crippen MR) is 58.7 cm³/mol. The Balaban J connectivity index is 2.87. The first-order valence-electron chi connectivity index (χ1n) is 4.66. The standard InChI is InChI=1S/C11H19N2/c1-10-4-6-11(7-5-10)13(2,3)9-8-12/h4-7H,8-9,12H2,1-3H3/q+1. The summed E-state index contributed by atoms with van der Waals surface area (Å²) in [5, 5.41) is 0. The Morgan fingerprint density at radius 3 is 2.15 bits per heavy atom. The highest BCUT2D eigenvalue weighted by Crippen LogP contribution is 2.18. The fraction of sp³-hybridized carbons (Fsp3) is 0.455. The van der Waals surface area contributed by atoms with Crippen LogP contribution in [0.1, 0.15) is 5.56 Å². The molecule has 0 spiro atoms. The van der Waals surface area contributed by atoms with E-state index in [1.807, 2.05) is 0 Å². The first-order chi connectivity index (χ1) is 6.06. The third kappa shape index (κ3) is 2.54. The zero-order chi connectivity index (χ0) is 9.90. The van der Waals surface area contributed by atoms with Gasteiger partial charge in [0.25, 0.3) is 0 Å². The minimum Gasteiger partial charge on any atom is -0.326 e. The Morgan fingerprint density at radius 2 is 1.69 bits per heavy atom. The van der Waals surface area contributed by atoms with Gasteiger partial charge in [-0.3, -0.25) is 4.48 Å². The number of quaternary nitrogens is 1. The van der Waals surface area contributed by atoms with E-state index in [-0.39, 0.29) is 0 Å². The third-order valence-electron chi connectivity index (χ3n) is 2.42. The molecule has 2 heteroatoms. The summed E-state index contributed by atoms with van der Waals surface area (Å²) < 4.78 is 0.858. The highest BCUT2D eigenvalue weighted by molar-refractivity contribution is 5.43. The van der Waals surface area contributed by atoms with Crippen LogP contribution < -0.4 is 10.2 Å². The van der Waals surface area contributed by atoms with Crippen LogP contribution in [-0.4, -0.2) is 27.2 Å². The Labute approximate surface area is 80.6 Å². The van der Waals surface area contributed by atoms with E-state index in [2.05, 4.69) is 45.3 Å². The van der Waals surface area contributed by atoms with E-state index < -0.39 is 0 Å². The highest BCUT2D eigenvalue weighted by atomic mass is 15.3. The first-order valence-corrected chi connectivity index (χ1v) is 4.66. The predicted octanol–water partition coefficient (Wildman–Crippen LogP) is 1.52. The van der Waals surface area contributed by atoms with Crippen molar-refractivity contribution < 1.29 is 0 Å². The fourth-order valence-corrected chi connectivity index (χ4v) is 1.40. The lowest BCUT2D eigenvalue weighted by Gasteiger charge is -2.28. The first kappa shape index (κ1) is 10.2. The zero-order valence-electron chi connectivity index (χ0n) is 8.75. The van der Waals surface area contributed by atoms with Gasteiger partial charge in [-0.1, -0.05) is 17.7 Å². The highest BCUT2D eigenvalue weighted by Gasteiger charge is 2.16. The van der Waals surface area contributed by atoms with Gasteiger partial charge >= 0.3 is 0 Å². The molecule has 0 unspecified atom stereocenters. The number of hydrogen-bond acceptors (Lipinski definition) is 1. The van der Waals surface area contributed by atoms with Crippen molar-refractivity contribution in [3.8, 4) is 0 Å². The Kier molecular flexibility index (Phi) is 3.07. The molecule has 0 aliphatic heterocycles. The van der Waals surface area contributed by atoms with E-state index >= 15 is 0 Å². The SMILES string of the molecule is Cc1ccc([N+](C)(C)CCN)cc1. The molecule has 0 saturated carbocycles. The number of rotatable bonds is 3. The van der Waals surface area contributed by atoms with Crippen LogP contribution >= 0.6 is 0 Å². The Hall–Kier alpha value is -0.860. The van der Waals surface area contributed by atoms with Crippen molar-refractivity contribution in [1.29, 1.82) is 0 Å². The van der Waals surface area contributed by atoms with Crippen LogP contribution in [0, 0.1) is 6.92 Å². The summed E-state index contributed by atoms with van der Waals surface area (Å²) in [5.41, 5.74) is 8.18. The average molecular weight is 179 g/mol. The lowest BCUT2D eigenvalue weighted by atomic mass is 10.2. The second-order valence-electron chi connectivity index (χ2n) is 4.03. The summed E-state index contributed by atoms with van der Waals surface area (Å²) in [5.74, 6) is 0. The summed E-state index contributed by atoms with van der Waals surface area (Å²) in [7, 11) is 4.36. The summed E-state index contributed by atoms with van der Waals surface area (Å²) in [4.78, 5) is 0. The van der Waals surface area contributed by atoms with Crippen LogP contribution in [0.25, 0.3) is 0 Å². The van der Waals surface area contributed by atoms with E-state index in [4.69, 9.17) is 5.73 Å². The molecule has 0 radical (unpaired) electrons. The van der Waals surface area contributed by atoms with Gasteiger partial charge < -0.3 is 5.73 Å². The van der Waals surface area contributed by atoms with Gasteiger partial charge in [0.2, 0.25) is 0 Å². The molecule has 0 amide bonds. The molecule has 1 aromatic rings. The summed E-state index contributed by atoms with van der Waals surface area (Å²) in [6, 6.07) is 8.63. The minimum atomic E-state index is 0.723. The number of aryl methyl sites for hydroxylation is 1. The number of nitrogens with zero attached hydrogens (tertiary/aromatic N) is 1. The molecule has 0 aliphatic rings. The molecule has 1 rings (SSSR count). The van der Waals surface area contributed by atoms with E-state index in [0.717, 1.165) is 17.6 Å². The summed E-state index contributed by atoms with van der Waals surface area (Å²) in [6.07, 6.45) is 0. The second-order valence-corrected chi connectivity index (χ2v) is 4.03. The van der Waals surface area contributed by atoms with Gasteiger partial charge in [-0.15, -0.1) is 0 Å². The average Bonchev–Trinajstić information content (AvgIpc) is 2.05. The van der Waals surface area contributed by atoms with Gasteiger partial charge in [0.1, 0.15) is 5.69 Å². The summed E-state index contributed by atoms with van der Waals surface area (Å²) >= 11 is 0. The molecule has 0 fully saturated rings. The molecule has 2 N–H and O–H groups in total. The van der Waals surface area contributed by atoms with Crippen LogP contribution in [0.3, 0.4) is 0 Å². The molecular formula is C11H19N2+. The monoisotopic (exact) mass is 179 g/mol. The topological polar surface area (TPSA) is 26.0 Å². The largest absolute Gasteiger partial charge is 0.326 e. The van der Waals surface area contributed by atoms with Crippen molar-refractivity contribution >= 4 is 5.69 Å². The van der Waals surface area contributed by atoms with Crippen molar-refractivity contribution in [1.82, 2.24) is 4.48 Å². The van der Waals surface area contributed by atoms with Crippen molar-refractivity contribution in [2.75, 3.05) is 27.2 Å². The van der Waals surface area contributed by atoms with E-state index in [9.17, 15) is 0 Å².